The maximum Gasteiger partial charge on any atom is 0.257 e. The van der Waals surface area contributed by atoms with Crippen LogP contribution in [0.25, 0.3) is 0 Å². The molecule has 1 aliphatic heterocycles. The molecule has 0 aromatic carbocycles. The van der Waals surface area contributed by atoms with Gasteiger partial charge >= 0.3 is 0 Å². The third kappa shape index (κ3) is 2.85. The van der Waals surface area contributed by atoms with Crippen molar-refractivity contribution in [1.82, 2.24) is 9.80 Å². The van der Waals surface area contributed by atoms with E-state index >= 15 is 0 Å². The molecule has 2 heterocycles. The number of nitrogens with zero attached hydrogens (tertiary/aromatic N) is 2. The van der Waals surface area contributed by atoms with Crippen LogP contribution in [0.2, 0.25) is 0 Å². The molecule has 1 fully saturated rings. The van der Waals surface area contributed by atoms with Crippen LogP contribution in [0.3, 0.4) is 0 Å². The lowest BCUT2D eigenvalue weighted by Gasteiger charge is -2.35. The number of furan rings is 1. The number of carbonyl (C=O) groups excluding carboxylic acids is 2. The number of carbonyl (C=O) groups is 2. The number of hydrogen-bond acceptors (Lipinski definition) is 4. The Morgan fingerprint density at radius 1 is 1.20 bits per heavy atom. The van der Waals surface area contributed by atoms with E-state index in [0.717, 1.165) is 0 Å². The van der Waals surface area contributed by atoms with E-state index in [4.69, 9.17) is 4.42 Å². The number of rotatable bonds is 2. The molecule has 0 bridgehead atoms. The van der Waals surface area contributed by atoms with Crippen molar-refractivity contribution in [1.29, 1.82) is 0 Å². The second-order valence-corrected chi connectivity index (χ2v) is 5.12. The Labute approximate surface area is 118 Å². The lowest BCUT2D eigenvalue weighted by Crippen LogP contribution is -2.52. The first kappa shape index (κ1) is 14.6. The van der Waals surface area contributed by atoms with E-state index in [1.54, 1.807) is 22.8 Å². The van der Waals surface area contributed by atoms with Crippen molar-refractivity contribution in [2.45, 2.75) is 26.9 Å². The quantitative estimate of drug-likeness (QED) is 0.859. The highest BCUT2D eigenvalue weighted by atomic mass is 16.3. The summed E-state index contributed by atoms with van der Waals surface area (Å²) in [7, 11) is 0. The van der Waals surface area contributed by atoms with Crippen LogP contribution < -0.4 is 0 Å². The van der Waals surface area contributed by atoms with E-state index in [1.807, 2.05) is 6.92 Å². The number of aryl methyl sites for hydroxylation is 2. The SMILES string of the molecule is Cc1cc(C(=O)N2CCN(C(=O)C(C)O)CC2)c(C)o1. The molecular formula is C14H20N2O4. The molecule has 2 rings (SSSR count). The third-order valence-electron chi connectivity index (χ3n) is 3.51. The fraction of sp³-hybridized carbons (Fsp3) is 0.571. The summed E-state index contributed by atoms with van der Waals surface area (Å²) in [6.45, 7) is 6.88. The molecule has 0 saturated carbocycles. The zero-order valence-corrected chi connectivity index (χ0v) is 12.0. The zero-order valence-electron chi connectivity index (χ0n) is 12.0. The molecule has 20 heavy (non-hydrogen) atoms. The van der Waals surface area contributed by atoms with Crippen LogP contribution in [0.15, 0.2) is 10.5 Å². The molecule has 0 aliphatic carbocycles. The molecule has 1 aromatic heterocycles. The Kier molecular flexibility index (Phi) is 4.13. The number of piperazine rings is 1. The van der Waals surface area contributed by atoms with Crippen molar-refractivity contribution in [2.75, 3.05) is 26.2 Å². The van der Waals surface area contributed by atoms with Gasteiger partial charge in [-0.25, -0.2) is 0 Å². The topological polar surface area (TPSA) is 74.0 Å². The van der Waals surface area contributed by atoms with Gasteiger partial charge in [0.25, 0.3) is 11.8 Å². The molecule has 2 amide bonds. The standard InChI is InChI=1S/C14H20N2O4/c1-9-8-12(11(3)20-9)14(19)16-6-4-15(5-7-16)13(18)10(2)17/h8,10,17H,4-7H2,1-3H3. The number of aliphatic hydroxyl groups is 1. The highest BCUT2D eigenvalue weighted by molar-refractivity contribution is 5.95. The van der Waals surface area contributed by atoms with Crippen LogP contribution in [-0.4, -0.2) is 59.0 Å². The second-order valence-electron chi connectivity index (χ2n) is 5.12. The van der Waals surface area contributed by atoms with Crippen LogP contribution in [0.1, 0.15) is 28.8 Å². The molecule has 6 nitrogen and oxygen atoms in total. The zero-order chi connectivity index (χ0) is 14.9. The van der Waals surface area contributed by atoms with Gasteiger partial charge in [0.1, 0.15) is 17.6 Å². The van der Waals surface area contributed by atoms with Crippen molar-refractivity contribution in [3.63, 3.8) is 0 Å². The molecule has 1 unspecified atom stereocenters. The second kappa shape index (κ2) is 5.66. The number of amides is 2. The number of aliphatic hydroxyl groups excluding tert-OH is 1. The number of hydrogen-bond donors (Lipinski definition) is 1. The van der Waals surface area contributed by atoms with Gasteiger partial charge in [0.15, 0.2) is 0 Å². The van der Waals surface area contributed by atoms with Crippen molar-refractivity contribution >= 4 is 11.8 Å². The fourth-order valence-electron chi connectivity index (χ4n) is 2.41. The minimum absolute atomic E-state index is 0.0662. The summed E-state index contributed by atoms with van der Waals surface area (Å²) in [4.78, 5) is 27.3. The van der Waals surface area contributed by atoms with Crippen LogP contribution >= 0.6 is 0 Å². The summed E-state index contributed by atoms with van der Waals surface area (Å²) in [5.74, 6) is 0.986. The van der Waals surface area contributed by atoms with E-state index in [0.29, 0.717) is 43.3 Å². The maximum atomic E-state index is 12.4. The van der Waals surface area contributed by atoms with Crippen molar-refractivity contribution in [2.24, 2.45) is 0 Å². The minimum atomic E-state index is -0.990. The predicted molar refractivity (Wildman–Crippen MR) is 72.3 cm³/mol. The van der Waals surface area contributed by atoms with Crippen molar-refractivity contribution < 1.29 is 19.1 Å². The summed E-state index contributed by atoms with van der Waals surface area (Å²) in [6, 6.07) is 1.74. The van der Waals surface area contributed by atoms with Crippen molar-refractivity contribution in [3.8, 4) is 0 Å². The molecule has 1 atom stereocenters. The Morgan fingerprint density at radius 2 is 1.75 bits per heavy atom. The predicted octanol–water partition coefficient (Wildman–Crippen LogP) is 0.562. The third-order valence-corrected chi connectivity index (χ3v) is 3.51. The van der Waals surface area contributed by atoms with Crippen LogP contribution in [0.5, 0.6) is 0 Å². The maximum absolute atomic E-state index is 12.4. The van der Waals surface area contributed by atoms with Gasteiger partial charge in [0.05, 0.1) is 5.56 Å². The van der Waals surface area contributed by atoms with Gasteiger partial charge in [-0.1, -0.05) is 0 Å². The lowest BCUT2D eigenvalue weighted by atomic mass is 10.2. The van der Waals surface area contributed by atoms with E-state index in [2.05, 4.69) is 0 Å². The molecular weight excluding hydrogens is 260 g/mol. The molecule has 110 valence electrons. The first-order chi connectivity index (χ1) is 9.40. The highest BCUT2D eigenvalue weighted by Crippen LogP contribution is 2.17. The summed E-state index contributed by atoms with van der Waals surface area (Å²) in [5, 5.41) is 9.28. The summed E-state index contributed by atoms with van der Waals surface area (Å²) < 4.78 is 5.37. The molecule has 1 saturated heterocycles. The molecule has 0 spiro atoms. The first-order valence-corrected chi connectivity index (χ1v) is 6.73. The van der Waals surface area contributed by atoms with Gasteiger partial charge in [-0.2, -0.15) is 0 Å². The molecule has 6 heteroatoms. The van der Waals surface area contributed by atoms with E-state index in [1.165, 1.54) is 6.92 Å². The molecule has 1 N–H and O–H groups in total. The lowest BCUT2D eigenvalue weighted by molar-refractivity contribution is -0.140. The van der Waals surface area contributed by atoms with Crippen molar-refractivity contribution in [3.05, 3.63) is 23.2 Å². The minimum Gasteiger partial charge on any atom is -0.466 e. The largest absolute Gasteiger partial charge is 0.466 e. The van der Waals surface area contributed by atoms with Gasteiger partial charge in [-0.3, -0.25) is 9.59 Å². The van der Waals surface area contributed by atoms with Crippen LogP contribution in [-0.2, 0) is 4.79 Å². The monoisotopic (exact) mass is 280 g/mol. The van der Waals surface area contributed by atoms with Gasteiger partial charge < -0.3 is 19.3 Å². The van der Waals surface area contributed by atoms with Gasteiger partial charge in [-0.15, -0.1) is 0 Å². The molecule has 1 aromatic rings. The van der Waals surface area contributed by atoms with E-state index < -0.39 is 6.10 Å². The fourth-order valence-corrected chi connectivity index (χ4v) is 2.41. The Hall–Kier alpha value is -1.82. The average molecular weight is 280 g/mol. The first-order valence-electron chi connectivity index (χ1n) is 6.73. The normalized spacial score (nSPS) is 17.2. The van der Waals surface area contributed by atoms with Crippen LogP contribution in [0, 0.1) is 13.8 Å². The Balaban J connectivity index is 1.99. The van der Waals surface area contributed by atoms with Crippen LogP contribution in [0.4, 0.5) is 0 Å². The molecule has 0 radical (unpaired) electrons. The van der Waals surface area contributed by atoms with E-state index in [-0.39, 0.29) is 11.8 Å². The molecule has 1 aliphatic rings. The van der Waals surface area contributed by atoms with Gasteiger partial charge in [0, 0.05) is 26.2 Å². The van der Waals surface area contributed by atoms with Gasteiger partial charge in [-0.05, 0) is 26.8 Å². The smallest absolute Gasteiger partial charge is 0.257 e. The highest BCUT2D eigenvalue weighted by Gasteiger charge is 2.27. The van der Waals surface area contributed by atoms with Gasteiger partial charge in [0.2, 0.25) is 0 Å². The average Bonchev–Trinajstić information content (AvgIpc) is 2.76. The van der Waals surface area contributed by atoms with E-state index in [9.17, 15) is 14.7 Å². The summed E-state index contributed by atoms with van der Waals surface area (Å²) in [6.07, 6.45) is -0.990. The summed E-state index contributed by atoms with van der Waals surface area (Å²) >= 11 is 0. The summed E-state index contributed by atoms with van der Waals surface area (Å²) in [5.41, 5.74) is 0.581. The Bertz CT molecular complexity index is 513. The Morgan fingerprint density at radius 3 is 2.20 bits per heavy atom.